The first-order valence-corrected chi connectivity index (χ1v) is 6.58. The van der Waals surface area contributed by atoms with Gasteiger partial charge in [-0.15, -0.1) is 0 Å². The van der Waals surface area contributed by atoms with E-state index in [1.165, 1.54) is 31.2 Å². The van der Waals surface area contributed by atoms with Crippen LogP contribution < -0.4 is 5.32 Å². The van der Waals surface area contributed by atoms with Crippen LogP contribution in [0.3, 0.4) is 0 Å². The Morgan fingerprint density at radius 1 is 1.47 bits per heavy atom. The van der Waals surface area contributed by atoms with Gasteiger partial charge in [-0.05, 0) is 37.3 Å². The van der Waals surface area contributed by atoms with E-state index in [-0.39, 0.29) is 12.1 Å². The van der Waals surface area contributed by atoms with E-state index in [4.69, 9.17) is 0 Å². The first-order valence-electron chi connectivity index (χ1n) is 6.58. The van der Waals surface area contributed by atoms with Gasteiger partial charge in [0.25, 0.3) is 0 Å². The molecule has 2 unspecified atom stereocenters. The summed E-state index contributed by atoms with van der Waals surface area (Å²) in [5, 5.41) is 13.5. The smallest absolute Gasteiger partial charge is 0.0692 e. The van der Waals surface area contributed by atoms with E-state index in [2.05, 4.69) is 23.3 Å². The fourth-order valence-corrected chi connectivity index (χ4v) is 2.56. The van der Waals surface area contributed by atoms with Gasteiger partial charge in [0.15, 0.2) is 0 Å². The Bertz CT molecular complexity index is 322. The molecule has 17 heavy (non-hydrogen) atoms. The summed E-state index contributed by atoms with van der Waals surface area (Å²) in [6.45, 7) is 2.79. The lowest BCUT2D eigenvalue weighted by Gasteiger charge is -2.21. The molecule has 0 radical (unpaired) electrons. The molecule has 3 heteroatoms. The molecule has 1 heterocycles. The van der Waals surface area contributed by atoms with E-state index in [1.807, 2.05) is 12.3 Å². The highest BCUT2D eigenvalue weighted by molar-refractivity contribution is 5.12. The van der Waals surface area contributed by atoms with E-state index in [0.717, 1.165) is 0 Å². The van der Waals surface area contributed by atoms with Gasteiger partial charge in [0.05, 0.1) is 6.10 Å². The molecule has 2 atom stereocenters. The highest BCUT2D eigenvalue weighted by atomic mass is 16.3. The largest absolute Gasteiger partial charge is 0.392 e. The summed E-state index contributed by atoms with van der Waals surface area (Å²) in [6.07, 6.45) is 8.38. The molecule has 0 saturated heterocycles. The lowest BCUT2D eigenvalue weighted by Crippen LogP contribution is -2.33. The van der Waals surface area contributed by atoms with Crippen molar-refractivity contribution in [2.24, 2.45) is 5.92 Å². The molecule has 94 valence electrons. The zero-order valence-corrected chi connectivity index (χ0v) is 10.5. The second kappa shape index (κ2) is 6.12. The van der Waals surface area contributed by atoms with Crippen LogP contribution in [0, 0.1) is 5.92 Å². The molecule has 2 N–H and O–H groups in total. The van der Waals surface area contributed by atoms with E-state index in [9.17, 15) is 5.11 Å². The van der Waals surface area contributed by atoms with Crippen LogP contribution >= 0.6 is 0 Å². The Balaban J connectivity index is 1.77. The summed E-state index contributed by atoms with van der Waals surface area (Å²) in [4.78, 5) is 4.11. The number of aromatic nitrogens is 1. The van der Waals surface area contributed by atoms with Gasteiger partial charge < -0.3 is 10.4 Å². The lowest BCUT2D eigenvalue weighted by molar-refractivity contribution is 0.106. The topological polar surface area (TPSA) is 45.1 Å². The van der Waals surface area contributed by atoms with Crippen molar-refractivity contribution >= 4 is 0 Å². The molecule has 1 fully saturated rings. The van der Waals surface area contributed by atoms with Crippen molar-refractivity contribution in [3.05, 3.63) is 30.1 Å². The van der Waals surface area contributed by atoms with Crippen molar-refractivity contribution in [2.75, 3.05) is 6.54 Å². The predicted molar refractivity (Wildman–Crippen MR) is 68.6 cm³/mol. The number of nitrogens with one attached hydrogen (secondary N) is 1. The summed E-state index contributed by atoms with van der Waals surface area (Å²) >= 11 is 0. The maximum atomic E-state index is 10.1. The van der Waals surface area contributed by atoms with Crippen molar-refractivity contribution in [3.63, 3.8) is 0 Å². The summed E-state index contributed by atoms with van der Waals surface area (Å²) in [7, 11) is 0. The molecule has 0 aromatic carbocycles. The number of aliphatic hydroxyl groups excluding tert-OH is 1. The minimum Gasteiger partial charge on any atom is -0.392 e. The SMILES string of the molecule is CC(NCC(O)C1CCCC1)c1cccnc1. The van der Waals surface area contributed by atoms with Crippen LogP contribution in [0.2, 0.25) is 0 Å². The van der Waals surface area contributed by atoms with Crippen LogP contribution in [0.1, 0.15) is 44.2 Å². The van der Waals surface area contributed by atoms with Crippen molar-refractivity contribution < 1.29 is 5.11 Å². The molecule has 1 aromatic rings. The van der Waals surface area contributed by atoms with Gasteiger partial charge >= 0.3 is 0 Å². The Morgan fingerprint density at radius 2 is 2.24 bits per heavy atom. The summed E-state index contributed by atoms with van der Waals surface area (Å²) < 4.78 is 0. The maximum Gasteiger partial charge on any atom is 0.0692 e. The predicted octanol–water partition coefficient (Wildman–Crippen LogP) is 2.28. The number of pyridine rings is 1. The van der Waals surface area contributed by atoms with Crippen LogP contribution in [-0.4, -0.2) is 22.7 Å². The normalized spacial score (nSPS) is 20.4. The van der Waals surface area contributed by atoms with Crippen molar-refractivity contribution in [3.8, 4) is 0 Å². The first kappa shape index (κ1) is 12.5. The minimum absolute atomic E-state index is 0.198. The van der Waals surface area contributed by atoms with E-state index in [1.54, 1.807) is 6.20 Å². The van der Waals surface area contributed by atoms with Crippen molar-refractivity contribution in [1.82, 2.24) is 10.3 Å². The lowest BCUT2D eigenvalue weighted by atomic mass is 10.0. The minimum atomic E-state index is -0.198. The standard InChI is InChI=1S/C14H22N2O/c1-11(13-7-4-8-15-9-13)16-10-14(17)12-5-2-3-6-12/h4,7-9,11-12,14,16-17H,2-3,5-6,10H2,1H3. The van der Waals surface area contributed by atoms with Crippen LogP contribution in [0.5, 0.6) is 0 Å². The van der Waals surface area contributed by atoms with Gasteiger partial charge in [0.1, 0.15) is 0 Å². The third-order valence-electron chi connectivity index (χ3n) is 3.76. The molecule has 0 amide bonds. The van der Waals surface area contributed by atoms with Gasteiger partial charge in [-0.2, -0.15) is 0 Å². The molecular weight excluding hydrogens is 212 g/mol. The Kier molecular flexibility index (Phi) is 4.51. The number of hydrogen-bond donors (Lipinski definition) is 2. The van der Waals surface area contributed by atoms with E-state index < -0.39 is 0 Å². The fourth-order valence-electron chi connectivity index (χ4n) is 2.56. The van der Waals surface area contributed by atoms with Crippen molar-refractivity contribution in [1.29, 1.82) is 0 Å². The number of rotatable bonds is 5. The highest BCUT2D eigenvalue weighted by Gasteiger charge is 2.23. The average molecular weight is 234 g/mol. The highest BCUT2D eigenvalue weighted by Crippen LogP contribution is 2.27. The number of aliphatic hydroxyl groups is 1. The van der Waals surface area contributed by atoms with E-state index >= 15 is 0 Å². The Hall–Kier alpha value is -0.930. The van der Waals surface area contributed by atoms with Gasteiger partial charge in [-0.1, -0.05) is 18.9 Å². The second-order valence-corrected chi connectivity index (χ2v) is 5.03. The zero-order valence-electron chi connectivity index (χ0n) is 10.5. The second-order valence-electron chi connectivity index (χ2n) is 5.03. The van der Waals surface area contributed by atoms with Crippen LogP contribution in [0.25, 0.3) is 0 Å². The van der Waals surface area contributed by atoms with Gasteiger partial charge in [-0.3, -0.25) is 4.98 Å². The monoisotopic (exact) mass is 234 g/mol. The zero-order chi connectivity index (χ0) is 12.1. The Morgan fingerprint density at radius 3 is 2.88 bits per heavy atom. The Labute approximate surface area is 103 Å². The molecule has 1 aromatic heterocycles. The summed E-state index contributed by atoms with van der Waals surface area (Å²) in [5.41, 5.74) is 1.17. The molecular formula is C14H22N2O. The quantitative estimate of drug-likeness (QED) is 0.821. The van der Waals surface area contributed by atoms with Crippen molar-refractivity contribution in [2.45, 2.75) is 44.8 Å². The maximum absolute atomic E-state index is 10.1. The van der Waals surface area contributed by atoms with Gasteiger partial charge in [0.2, 0.25) is 0 Å². The molecule has 1 saturated carbocycles. The molecule has 0 spiro atoms. The number of nitrogens with zero attached hydrogens (tertiary/aromatic N) is 1. The molecule has 1 aliphatic carbocycles. The summed E-state index contributed by atoms with van der Waals surface area (Å²) in [6, 6.07) is 4.26. The molecule has 0 aliphatic heterocycles. The average Bonchev–Trinajstić information content (AvgIpc) is 2.90. The molecule has 3 nitrogen and oxygen atoms in total. The third-order valence-corrected chi connectivity index (χ3v) is 3.76. The van der Waals surface area contributed by atoms with Gasteiger partial charge in [0, 0.05) is 25.0 Å². The van der Waals surface area contributed by atoms with Crippen LogP contribution in [0.4, 0.5) is 0 Å². The van der Waals surface area contributed by atoms with E-state index in [0.29, 0.717) is 12.5 Å². The first-order chi connectivity index (χ1) is 8.27. The number of hydrogen-bond acceptors (Lipinski definition) is 3. The third kappa shape index (κ3) is 3.51. The summed E-state index contributed by atoms with van der Waals surface area (Å²) in [5.74, 6) is 0.503. The molecule has 2 rings (SSSR count). The molecule has 0 bridgehead atoms. The fraction of sp³-hybridized carbons (Fsp3) is 0.643. The van der Waals surface area contributed by atoms with Gasteiger partial charge in [-0.25, -0.2) is 0 Å². The van der Waals surface area contributed by atoms with Crippen LogP contribution in [-0.2, 0) is 0 Å². The van der Waals surface area contributed by atoms with Crippen LogP contribution in [0.15, 0.2) is 24.5 Å². The molecule has 1 aliphatic rings.